The van der Waals surface area contributed by atoms with Crippen LogP contribution in [0.3, 0.4) is 0 Å². The molecule has 2 aromatic rings. The maximum Gasteiger partial charge on any atom is 0.322 e. The molecule has 1 aromatic carbocycles. The molecule has 5 heteroatoms. The first-order chi connectivity index (χ1) is 10.7. The van der Waals surface area contributed by atoms with E-state index in [1.807, 2.05) is 18.2 Å². The lowest BCUT2D eigenvalue weighted by Gasteiger charge is -2.23. The van der Waals surface area contributed by atoms with Crippen LogP contribution in [0.25, 0.3) is 10.4 Å². The highest BCUT2D eigenvalue weighted by Gasteiger charge is 2.28. The summed E-state index contributed by atoms with van der Waals surface area (Å²) in [6.45, 7) is 2.83. The van der Waals surface area contributed by atoms with Crippen molar-refractivity contribution in [2.75, 3.05) is 18.5 Å². The summed E-state index contributed by atoms with van der Waals surface area (Å²) in [4.78, 5) is 15.3. The monoisotopic (exact) mass is 316 g/mol. The Labute approximate surface area is 134 Å². The summed E-state index contributed by atoms with van der Waals surface area (Å²) in [6.07, 6.45) is 1.82. The van der Waals surface area contributed by atoms with Crippen LogP contribution in [0.4, 0.5) is 10.5 Å². The van der Waals surface area contributed by atoms with Gasteiger partial charge in [-0.05, 0) is 54.5 Å². The second-order valence-electron chi connectivity index (χ2n) is 5.62. The number of likely N-dealkylation sites (tertiary alicyclic amines) is 1. The Hall–Kier alpha value is -1.85. The molecule has 2 amide bonds. The quantitative estimate of drug-likeness (QED) is 0.907. The molecule has 1 fully saturated rings. The Morgan fingerprint density at radius 3 is 3.05 bits per heavy atom. The first-order valence-corrected chi connectivity index (χ1v) is 8.40. The summed E-state index contributed by atoms with van der Waals surface area (Å²) in [6, 6.07) is 9.83. The van der Waals surface area contributed by atoms with E-state index in [-0.39, 0.29) is 18.7 Å². The molecule has 1 aromatic heterocycles. The molecule has 0 unspecified atom stereocenters. The highest BCUT2D eigenvalue weighted by atomic mass is 32.1. The van der Waals surface area contributed by atoms with E-state index in [2.05, 4.69) is 29.8 Å². The number of amides is 2. The molecule has 3 rings (SSSR count). The maximum atomic E-state index is 12.4. The molecule has 1 saturated heterocycles. The van der Waals surface area contributed by atoms with Crippen LogP contribution in [-0.4, -0.2) is 35.2 Å². The largest absolute Gasteiger partial charge is 0.394 e. The number of nitrogens with zero attached hydrogens (tertiary/aromatic N) is 1. The van der Waals surface area contributed by atoms with E-state index in [0.717, 1.165) is 24.1 Å². The lowest BCUT2D eigenvalue weighted by atomic mass is 10.1. The van der Waals surface area contributed by atoms with Gasteiger partial charge >= 0.3 is 6.03 Å². The molecule has 1 aliphatic heterocycles. The predicted octanol–water partition coefficient (Wildman–Crippen LogP) is 3.71. The second kappa shape index (κ2) is 6.50. The number of aliphatic hydroxyl groups excluding tert-OH is 1. The maximum absolute atomic E-state index is 12.4. The van der Waals surface area contributed by atoms with Gasteiger partial charge in [0.05, 0.1) is 12.6 Å². The fourth-order valence-electron chi connectivity index (χ4n) is 2.89. The van der Waals surface area contributed by atoms with Crippen molar-refractivity contribution in [3.8, 4) is 10.4 Å². The summed E-state index contributed by atoms with van der Waals surface area (Å²) in [7, 11) is 0. The number of carbonyl (C=O) groups excluding carboxylic acids is 1. The molecule has 4 nitrogen and oxygen atoms in total. The summed E-state index contributed by atoms with van der Waals surface area (Å²) in [5, 5.41) is 14.4. The number of hydrogen-bond donors (Lipinski definition) is 2. The smallest absolute Gasteiger partial charge is 0.322 e. The number of carbonyl (C=O) groups is 1. The van der Waals surface area contributed by atoms with Gasteiger partial charge < -0.3 is 15.3 Å². The minimum Gasteiger partial charge on any atom is -0.394 e. The molecule has 0 saturated carbocycles. The van der Waals surface area contributed by atoms with Crippen molar-refractivity contribution in [1.82, 2.24) is 4.90 Å². The highest BCUT2D eigenvalue weighted by molar-refractivity contribution is 7.13. The van der Waals surface area contributed by atoms with Crippen LogP contribution in [0, 0.1) is 6.92 Å². The predicted molar refractivity (Wildman–Crippen MR) is 90.3 cm³/mol. The highest BCUT2D eigenvalue weighted by Crippen LogP contribution is 2.30. The molecular formula is C17H20N2O2S. The standard InChI is InChI=1S/C17H20N2O2S/c1-12-7-9-22-16(12)13-4-2-5-14(10-13)18-17(21)19-8-3-6-15(19)11-20/h2,4-5,7,9-10,15,20H,3,6,8,11H2,1H3,(H,18,21)/t15-/m0/s1. The van der Waals surface area contributed by atoms with Gasteiger partial charge in [-0.25, -0.2) is 4.79 Å². The summed E-state index contributed by atoms with van der Waals surface area (Å²) >= 11 is 1.70. The number of rotatable bonds is 3. The molecule has 1 atom stereocenters. The van der Waals surface area contributed by atoms with Crippen molar-refractivity contribution >= 4 is 23.1 Å². The molecule has 22 heavy (non-hydrogen) atoms. The molecule has 0 bridgehead atoms. The third-order valence-corrected chi connectivity index (χ3v) is 5.15. The van der Waals surface area contributed by atoms with Gasteiger partial charge in [-0.2, -0.15) is 0 Å². The van der Waals surface area contributed by atoms with Gasteiger partial charge in [0.2, 0.25) is 0 Å². The van der Waals surface area contributed by atoms with Crippen LogP contribution in [0.1, 0.15) is 18.4 Å². The van der Waals surface area contributed by atoms with Crippen LogP contribution in [0.15, 0.2) is 35.7 Å². The van der Waals surface area contributed by atoms with Crippen LogP contribution >= 0.6 is 11.3 Å². The molecular weight excluding hydrogens is 296 g/mol. The van der Waals surface area contributed by atoms with Crippen molar-refractivity contribution in [2.24, 2.45) is 0 Å². The summed E-state index contributed by atoms with van der Waals surface area (Å²) in [5.74, 6) is 0. The van der Waals surface area contributed by atoms with Crippen molar-refractivity contribution in [1.29, 1.82) is 0 Å². The number of hydrogen-bond acceptors (Lipinski definition) is 3. The lowest BCUT2D eigenvalue weighted by Crippen LogP contribution is -2.40. The molecule has 0 aliphatic carbocycles. The third kappa shape index (κ3) is 3.00. The van der Waals surface area contributed by atoms with Gasteiger partial charge in [0.1, 0.15) is 0 Å². The van der Waals surface area contributed by atoms with Gasteiger partial charge in [0, 0.05) is 17.1 Å². The molecule has 2 heterocycles. The summed E-state index contributed by atoms with van der Waals surface area (Å²) in [5.41, 5.74) is 3.15. The SMILES string of the molecule is Cc1ccsc1-c1cccc(NC(=O)N2CCC[C@H]2CO)c1. The average molecular weight is 316 g/mol. The molecule has 0 spiro atoms. The topological polar surface area (TPSA) is 52.6 Å². The minimum absolute atomic E-state index is 0.0296. The van der Waals surface area contributed by atoms with E-state index in [0.29, 0.717) is 6.54 Å². The van der Waals surface area contributed by atoms with Gasteiger partial charge in [0.15, 0.2) is 0 Å². The molecule has 0 radical (unpaired) electrons. The lowest BCUT2D eigenvalue weighted by molar-refractivity contribution is 0.166. The molecule has 116 valence electrons. The third-order valence-electron chi connectivity index (χ3n) is 4.09. The number of benzene rings is 1. The van der Waals surface area contributed by atoms with Crippen molar-refractivity contribution in [3.63, 3.8) is 0 Å². The van der Waals surface area contributed by atoms with Crippen LogP contribution in [0.2, 0.25) is 0 Å². The normalized spacial score (nSPS) is 17.7. The van der Waals surface area contributed by atoms with Crippen LogP contribution in [0.5, 0.6) is 0 Å². The van der Waals surface area contributed by atoms with Crippen LogP contribution < -0.4 is 5.32 Å². The van der Waals surface area contributed by atoms with Gasteiger partial charge in [-0.15, -0.1) is 11.3 Å². The Morgan fingerprint density at radius 1 is 1.45 bits per heavy atom. The fraction of sp³-hybridized carbons (Fsp3) is 0.353. The number of urea groups is 1. The van der Waals surface area contributed by atoms with Gasteiger partial charge in [-0.3, -0.25) is 0 Å². The Kier molecular flexibility index (Phi) is 4.45. The second-order valence-corrected chi connectivity index (χ2v) is 6.53. The number of nitrogens with one attached hydrogen (secondary N) is 1. The first kappa shape index (κ1) is 15.1. The zero-order chi connectivity index (χ0) is 15.5. The van der Waals surface area contributed by atoms with E-state index in [4.69, 9.17) is 0 Å². The van der Waals surface area contributed by atoms with Crippen LogP contribution in [-0.2, 0) is 0 Å². The van der Waals surface area contributed by atoms with E-state index in [1.54, 1.807) is 16.2 Å². The number of anilines is 1. The van der Waals surface area contributed by atoms with Crippen molar-refractivity contribution in [3.05, 3.63) is 41.3 Å². The van der Waals surface area contributed by atoms with Gasteiger partial charge in [-0.1, -0.05) is 12.1 Å². The zero-order valence-corrected chi connectivity index (χ0v) is 13.4. The van der Waals surface area contributed by atoms with E-state index in [9.17, 15) is 9.90 Å². The first-order valence-electron chi connectivity index (χ1n) is 7.52. The minimum atomic E-state index is -0.128. The Bertz CT molecular complexity index is 668. The Balaban J connectivity index is 1.76. The van der Waals surface area contributed by atoms with Crippen molar-refractivity contribution < 1.29 is 9.90 Å². The van der Waals surface area contributed by atoms with Crippen molar-refractivity contribution in [2.45, 2.75) is 25.8 Å². The van der Waals surface area contributed by atoms with E-state index >= 15 is 0 Å². The fourth-order valence-corrected chi connectivity index (χ4v) is 3.82. The zero-order valence-electron chi connectivity index (χ0n) is 12.6. The number of thiophene rings is 1. The van der Waals surface area contributed by atoms with E-state index < -0.39 is 0 Å². The van der Waals surface area contributed by atoms with Gasteiger partial charge in [0.25, 0.3) is 0 Å². The number of aryl methyl sites for hydroxylation is 1. The molecule has 2 N–H and O–H groups in total. The van der Waals surface area contributed by atoms with E-state index in [1.165, 1.54) is 10.4 Å². The Morgan fingerprint density at radius 2 is 2.32 bits per heavy atom. The summed E-state index contributed by atoms with van der Waals surface area (Å²) < 4.78 is 0. The average Bonchev–Trinajstić information content (AvgIpc) is 3.15. The molecule has 1 aliphatic rings. The number of aliphatic hydroxyl groups is 1.